The Morgan fingerprint density at radius 3 is 2.80 bits per heavy atom. The van der Waals surface area contributed by atoms with E-state index in [2.05, 4.69) is 12.3 Å². The van der Waals surface area contributed by atoms with E-state index < -0.39 is 0 Å². The van der Waals surface area contributed by atoms with Crippen LogP contribution >= 0.6 is 11.8 Å². The monoisotopic (exact) mass is 162 g/mol. The summed E-state index contributed by atoms with van der Waals surface area (Å²) in [6.07, 6.45) is 3.46. The van der Waals surface area contributed by atoms with Gasteiger partial charge in [-0.3, -0.25) is 10.2 Å². The summed E-state index contributed by atoms with van der Waals surface area (Å²) in [7, 11) is 0. The second kappa shape index (κ2) is 6.89. The van der Waals surface area contributed by atoms with Crippen molar-refractivity contribution in [1.82, 2.24) is 5.43 Å². The van der Waals surface area contributed by atoms with Crippen molar-refractivity contribution in [2.75, 3.05) is 5.75 Å². The van der Waals surface area contributed by atoms with Gasteiger partial charge in [0.25, 0.3) is 5.24 Å². The Morgan fingerprint density at radius 2 is 2.30 bits per heavy atom. The third-order valence-electron chi connectivity index (χ3n) is 1.10. The molecule has 0 radical (unpaired) electrons. The molecule has 4 heteroatoms. The number of hydrogen-bond donors (Lipinski definition) is 2. The molecule has 0 unspecified atom stereocenters. The van der Waals surface area contributed by atoms with E-state index in [-0.39, 0.29) is 5.24 Å². The summed E-state index contributed by atoms with van der Waals surface area (Å²) in [6.45, 7) is 2.13. The van der Waals surface area contributed by atoms with Gasteiger partial charge in [-0.25, -0.2) is 5.84 Å². The Bertz CT molecular complexity index is 97.7. The molecule has 0 spiro atoms. The highest BCUT2D eigenvalue weighted by atomic mass is 32.2. The van der Waals surface area contributed by atoms with Gasteiger partial charge in [-0.15, -0.1) is 0 Å². The average Bonchev–Trinajstić information content (AvgIpc) is 1.98. The van der Waals surface area contributed by atoms with Crippen LogP contribution in [0, 0.1) is 0 Å². The number of nitrogens with one attached hydrogen (secondary N) is 1. The predicted molar refractivity (Wildman–Crippen MR) is 44.7 cm³/mol. The van der Waals surface area contributed by atoms with Crippen LogP contribution in [0.1, 0.15) is 26.2 Å². The molecule has 0 aliphatic rings. The van der Waals surface area contributed by atoms with E-state index in [1.807, 2.05) is 0 Å². The maximum Gasteiger partial charge on any atom is 0.292 e. The Balaban J connectivity index is 2.96. The molecule has 10 heavy (non-hydrogen) atoms. The lowest BCUT2D eigenvalue weighted by atomic mass is 10.3. The Kier molecular flexibility index (Phi) is 6.74. The van der Waals surface area contributed by atoms with Crippen molar-refractivity contribution in [2.45, 2.75) is 26.2 Å². The zero-order valence-corrected chi connectivity index (χ0v) is 7.04. The first-order valence-electron chi connectivity index (χ1n) is 3.44. The van der Waals surface area contributed by atoms with Crippen LogP contribution in [0.5, 0.6) is 0 Å². The van der Waals surface area contributed by atoms with Crippen LogP contribution in [0.25, 0.3) is 0 Å². The van der Waals surface area contributed by atoms with Gasteiger partial charge in [-0.2, -0.15) is 0 Å². The van der Waals surface area contributed by atoms with Gasteiger partial charge in [0.05, 0.1) is 0 Å². The molecule has 0 aromatic rings. The van der Waals surface area contributed by atoms with Crippen molar-refractivity contribution in [2.24, 2.45) is 5.84 Å². The number of hydrazine groups is 1. The third-order valence-corrected chi connectivity index (χ3v) is 1.97. The number of unbranched alkanes of at least 4 members (excludes halogenated alkanes) is 2. The maximum absolute atomic E-state index is 10.5. The first-order valence-corrected chi connectivity index (χ1v) is 4.43. The molecule has 0 fully saturated rings. The lowest BCUT2D eigenvalue weighted by Gasteiger charge is -1.97. The van der Waals surface area contributed by atoms with Crippen LogP contribution in [-0.2, 0) is 0 Å². The molecule has 0 aromatic carbocycles. The zero-order valence-electron chi connectivity index (χ0n) is 6.22. The molecule has 0 saturated heterocycles. The van der Waals surface area contributed by atoms with E-state index in [1.54, 1.807) is 0 Å². The third kappa shape index (κ3) is 5.91. The van der Waals surface area contributed by atoms with E-state index in [9.17, 15) is 4.79 Å². The molecule has 3 nitrogen and oxygen atoms in total. The second-order valence-electron chi connectivity index (χ2n) is 1.99. The van der Waals surface area contributed by atoms with Crippen molar-refractivity contribution >= 4 is 17.0 Å². The van der Waals surface area contributed by atoms with Gasteiger partial charge < -0.3 is 0 Å². The summed E-state index contributed by atoms with van der Waals surface area (Å²) in [4.78, 5) is 10.5. The summed E-state index contributed by atoms with van der Waals surface area (Å²) < 4.78 is 0. The minimum Gasteiger partial charge on any atom is -0.285 e. The van der Waals surface area contributed by atoms with E-state index in [0.717, 1.165) is 12.2 Å². The summed E-state index contributed by atoms with van der Waals surface area (Å²) in [5, 5.41) is -0.142. The van der Waals surface area contributed by atoms with Gasteiger partial charge in [-0.1, -0.05) is 31.5 Å². The molecule has 0 atom stereocenters. The fourth-order valence-electron chi connectivity index (χ4n) is 0.559. The molecule has 1 amide bonds. The average molecular weight is 162 g/mol. The van der Waals surface area contributed by atoms with Gasteiger partial charge in [-0.05, 0) is 6.42 Å². The molecule has 0 aliphatic carbocycles. The molecule has 0 aromatic heterocycles. The number of amides is 1. The molecule has 60 valence electrons. The van der Waals surface area contributed by atoms with Gasteiger partial charge in [0, 0.05) is 5.75 Å². The quantitative estimate of drug-likeness (QED) is 0.285. The van der Waals surface area contributed by atoms with Crippen LogP contribution in [0.4, 0.5) is 4.79 Å². The molecule has 0 bridgehead atoms. The van der Waals surface area contributed by atoms with E-state index in [4.69, 9.17) is 5.84 Å². The fourth-order valence-corrected chi connectivity index (χ4v) is 1.18. The SMILES string of the molecule is CCCCCSC(=O)NN. The van der Waals surface area contributed by atoms with Crippen LogP contribution < -0.4 is 11.3 Å². The molecular weight excluding hydrogens is 148 g/mol. The first-order chi connectivity index (χ1) is 4.81. The van der Waals surface area contributed by atoms with Gasteiger partial charge in [0.15, 0.2) is 0 Å². The van der Waals surface area contributed by atoms with Gasteiger partial charge in [0.1, 0.15) is 0 Å². The van der Waals surface area contributed by atoms with Gasteiger partial charge >= 0.3 is 0 Å². The fraction of sp³-hybridized carbons (Fsp3) is 0.833. The second-order valence-corrected chi connectivity index (χ2v) is 3.06. The van der Waals surface area contributed by atoms with Crippen molar-refractivity contribution in [3.63, 3.8) is 0 Å². The minimum absolute atomic E-state index is 0.142. The summed E-state index contributed by atoms with van der Waals surface area (Å²) >= 11 is 1.24. The van der Waals surface area contributed by atoms with Crippen LogP contribution in [0.3, 0.4) is 0 Å². The smallest absolute Gasteiger partial charge is 0.285 e. The molecule has 0 heterocycles. The topological polar surface area (TPSA) is 55.1 Å². The standard InChI is InChI=1S/C6H14N2OS/c1-2-3-4-5-10-6(9)8-7/h2-5,7H2,1H3,(H,8,9). The minimum atomic E-state index is -0.142. The lowest BCUT2D eigenvalue weighted by Crippen LogP contribution is -2.26. The largest absolute Gasteiger partial charge is 0.292 e. The highest BCUT2D eigenvalue weighted by Crippen LogP contribution is 2.05. The number of thioether (sulfide) groups is 1. The molecule has 0 rings (SSSR count). The molecular formula is C6H14N2OS. The zero-order chi connectivity index (χ0) is 7.82. The van der Waals surface area contributed by atoms with Crippen LogP contribution in [0.15, 0.2) is 0 Å². The van der Waals surface area contributed by atoms with Crippen molar-refractivity contribution in [1.29, 1.82) is 0 Å². The van der Waals surface area contributed by atoms with E-state index in [1.165, 1.54) is 24.6 Å². The summed E-state index contributed by atoms with van der Waals surface area (Å²) in [5.74, 6) is 5.74. The summed E-state index contributed by atoms with van der Waals surface area (Å²) in [6, 6.07) is 0. The van der Waals surface area contributed by atoms with Crippen LogP contribution in [-0.4, -0.2) is 11.0 Å². The number of hydrogen-bond acceptors (Lipinski definition) is 3. The lowest BCUT2D eigenvalue weighted by molar-refractivity contribution is 0.261. The van der Waals surface area contributed by atoms with Crippen molar-refractivity contribution in [3.8, 4) is 0 Å². The van der Waals surface area contributed by atoms with Crippen molar-refractivity contribution < 1.29 is 4.79 Å². The predicted octanol–water partition coefficient (Wildman–Crippen LogP) is 1.49. The van der Waals surface area contributed by atoms with Crippen LogP contribution in [0.2, 0.25) is 0 Å². The Hall–Kier alpha value is -0.220. The maximum atomic E-state index is 10.5. The molecule has 3 N–H and O–H groups in total. The number of rotatable bonds is 4. The normalized spacial score (nSPS) is 9.40. The highest BCUT2D eigenvalue weighted by molar-refractivity contribution is 8.13. The first kappa shape index (κ1) is 9.78. The highest BCUT2D eigenvalue weighted by Gasteiger charge is 1.96. The number of carbonyl (C=O) groups excluding carboxylic acids is 1. The number of nitrogens with two attached hydrogens (primary N) is 1. The van der Waals surface area contributed by atoms with E-state index >= 15 is 0 Å². The Morgan fingerprint density at radius 1 is 1.60 bits per heavy atom. The number of carbonyl (C=O) groups is 1. The molecule has 0 saturated carbocycles. The molecule has 0 aliphatic heterocycles. The van der Waals surface area contributed by atoms with Crippen molar-refractivity contribution in [3.05, 3.63) is 0 Å². The summed E-state index contributed by atoms with van der Waals surface area (Å²) in [5.41, 5.74) is 2.07. The van der Waals surface area contributed by atoms with E-state index in [0.29, 0.717) is 0 Å². The van der Waals surface area contributed by atoms with Gasteiger partial charge in [0.2, 0.25) is 0 Å². The Labute approximate surface area is 65.7 Å².